The number of allylic oxidation sites excluding steroid dienone is 4. The van der Waals surface area contributed by atoms with Crippen LogP contribution in [0.25, 0.3) is 5.57 Å². The molecule has 0 aromatic heterocycles. The Morgan fingerprint density at radius 3 is 2.40 bits per heavy atom. The summed E-state index contributed by atoms with van der Waals surface area (Å²) in [5, 5.41) is 0. The van der Waals surface area contributed by atoms with Crippen LogP contribution in [0.1, 0.15) is 70.1 Å². The molecule has 25 heavy (non-hydrogen) atoms. The van der Waals surface area contributed by atoms with Crippen LogP contribution >= 0.6 is 0 Å². The normalized spacial score (nSPS) is 24.0. The average molecular weight is 333 g/mol. The highest BCUT2D eigenvalue weighted by Gasteiger charge is 2.34. The van der Waals surface area contributed by atoms with Crippen molar-refractivity contribution in [1.29, 1.82) is 0 Å². The van der Waals surface area contributed by atoms with E-state index in [0.717, 1.165) is 17.1 Å². The number of hydrogen-bond acceptors (Lipinski definition) is 0. The predicted octanol–water partition coefficient (Wildman–Crippen LogP) is 7.10. The molecule has 2 rings (SSSR count). The molecule has 0 saturated heterocycles. The zero-order chi connectivity index (χ0) is 18.6. The van der Waals surface area contributed by atoms with Crippen molar-refractivity contribution in [2.75, 3.05) is 0 Å². The van der Waals surface area contributed by atoms with Crippen molar-refractivity contribution in [3.05, 3.63) is 65.3 Å². The first-order valence-electron chi connectivity index (χ1n) is 9.39. The van der Waals surface area contributed by atoms with Crippen molar-refractivity contribution >= 4 is 5.57 Å². The first-order chi connectivity index (χ1) is 11.8. The second-order valence-electron chi connectivity index (χ2n) is 7.92. The third-order valence-corrected chi connectivity index (χ3v) is 5.69. The van der Waals surface area contributed by atoms with E-state index in [1.807, 2.05) is 6.92 Å². The van der Waals surface area contributed by atoms with Gasteiger partial charge in [0.15, 0.2) is 0 Å². The Morgan fingerprint density at radius 2 is 1.92 bits per heavy atom. The van der Waals surface area contributed by atoms with E-state index in [2.05, 4.69) is 77.0 Å². The van der Waals surface area contributed by atoms with Crippen LogP contribution in [0, 0.1) is 30.1 Å². The summed E-state index contributed by atoms with van der Waals surface area (Å²) in [7, 11) is 0. The van der Waals surface area contributed by atoms with E-state index in [4.69, 9.17) is 0 Å². The van der Waals surface area contributed by atoms with Gasteiger partial charge in [-0.25, -0.2) is 0 Å². The van der Waals surface area contributed by atoms with Gasteiger partial charge in [0.1, 0.15) is 0 Å². The first kappa shape index (κ1) is 19.3. The van der Waals surface area contributed by atoms with Gasteiger partial charge in [-0.1, -0.05) is 50.6 Å². The zero-order valence-corrected chi connectivity index (χ0v) is 16.6. The van der Waals surface area contributed by atoms with Crippen molar-refractivity contribution in [1.82, 2.24) is 0 Å². The van der Waals surface area contributed by atoms with Gasteiger partial charge < -0.3 is 0 Å². The van der Waals surface area contributed by atoms with E-state index in [9.17, 15) is 0 Å². The molecular formula is C25H32. The van der Waals surface area contributed by atoms with Crippen molar-refractivity contribution in [3.8, 4) is 11.8 Å². The fraction of sp³-hybridized carbons (Fsp3) is 0.440. The number of hydrogen-bond donors (Lipinski definition) is 0. The third kappa shape index (κ3) is 4.16. The standard InChI is InChI=1S/C25H32/c1-8-10-21-11-12-22(20(6)17-21)24(18(3)4)23(9-2)25(7)15-13-19(5)14-16-25/h9,11-12,17,19H,2-3,13-16H2,1,4-7H3/b24-23+. The Labute approximate surface area is 154 Å². The highest BCUT2D eigenvalue weighted by Crippen LogP contribution is 2.48. The molecule has 0 heterocycles. The van der Waals surface area contributed by atoms with Crippen LogP contribution in [0.2, 0.25) is 0 Å². The zero-order valence-electron chi connectivity index (χ0n) is 16.6. The number of rotatable bonds is 4. The topological polar surface area (TPSA) is 0 Å². The molecule has 0 radical (unpaired) electrons. The summed E-state index contributed by atoms with van der Waals surface area (Å²) in [6, 6.07) is 6.51. The van der Waals surface area contributed by atoms with Crippen LogP contribution in [0.15, 0.2) is 48.6 Å². The third-order valence-electron chi connectivity index (χ3n) is 5.69. The molecule has 0 unspecified atom stereocenters. The minimum Gasteiger partial charge on any atom is -0.101 e. The molecule has 1 aliphatic carbocycles. The quantitative estimate of drug-likeness (QED) is 0.407. The van der Waals surface area contributed by atoms with Gasteiger partial charge in [0, 0.05) is 5.56 Å². The van der Waals surface area contributed by atoms with Crippen LogP contribution in [0.4, 0.5) is 0 Å². The van der Waals surface area contributed by atoms with Crippen molar-refractivity contribution < 1.29 is 0 Å². The summed E-state index contributed by atoms with van der Waals surface area (Å²) < 4.78 is 0. The van der Waals surface area contributed by atoms with Crippen molar-refractivity contribution in [3.63, 3.8) is 0 Å². The molecule has 0 aliphatic heterocycles. The van der Waals surface area contributed by atoms with E-state index in [1.165, 1.54) is 48.0 Å². The van der Waals surface area contributed by atoms with Gasteiger partial charge in [-0.15, -0.1) is 5.92 Å². The maximum Gasteiger partial charge on any atom is 0.0248 e. The van der Waals surface area contributed by atoms with Gasteiger partial charge in [0.2, 0.25) is 0 Å². The second kappa shape index (κ2) is 7.92. The molecule has 0 heteroatoms. The summed E-state index contributed by atoms with van der Waals surface area (Å²) in [6.45, 7) is 19.4. The molecule has 132 valence electrons. The predicted molar refractivity (Wildman–Crippen MR) is 111 cm³/mol. The summed E-state index contributed by atoms with van der Waals surface area (Å²) in [5.41, 5.74) is 7.55. The molecule has 1 fully saturated rings. The summed E-state index contributed by atoms with van der Waals surface area (Å²) in [4.78, 5) is 0. The highest BCUT2D eigenvalue weighted by atomic mass is 14.4. The molecule has 1 saturated carbocycles. The average Bonchev–Trinajstić information content (AvgIpc) is 2.56. The Hall–Kier alpha value is -2.00. The van der Waals surface area contributed by atoms with E-state index in [1.54, 1.807) is 0 Å². The molecular weight excluding hydrogens is 300 g/mol. The van der Waals surface area contributed by atoms with E-state index in [0.29, 0.717) is 0 Å². The summed E-state index contributed by atoms with van der Waals surface area (Å²) >= 11 is 0. The van der Waals surface area contributed by atoms with Gasteiger partial charge in [-0.2, -0.15) is 0 Å². The van der Waals surface area contributed by atoms with E-state index >= 15 is 0 Å². The van der Waals surface area contributed by atoms with Gasteiger partial charge in [-0.05, 0) is 92.2 Å². The van der Waals surface area contributed by atoms with Crippen LogP contribution in [0.3, 0.4) is 0 Å². The monoisotopic (exact) mass is 332 g/mol. The second-order valence-corrected chi connectivity index (χ2v) is 7.92. The lowest BCUT2D eigenvalue weighted by atomic mass is 9.65. The Balaban J connectivity index is 2.61. The van der Waals surface area contributed by atoms with Gasteiger partial charge in [-0.3, -0.25) is 0 Å². The lowest BCUT2D eigenvalue weighted by molar-refractivity contribution is 0.224. The Bertz CT molecular complexity index is 753. The Morgan fingerprint density at radius 1 is 1.28 bits per heavy atom. The summed E-state index contributed by atoms with van der Waals surface area (Å²) in [6.07, 6.45) is 7.12. The van der Waals surface area contributed by atoms with Gasteiger partial charge >= 0.3 is 0 Å². The lowest BCUT2D eigenvalue weighted by Gasteiger charge is -2.39. The van der Waals surface area contributed by atoms with Crippen LogP contribution < -0.4 is 0 Å². The smallest absolute Gasteiger partial charge is 0.0248 e. The van der Waals surface area contributed by atoms with Crippen molar-refractivity contribution in [2.24, 2.45) is 11.3 Å². The maximum atomic E-state index is 4.31. The van der Waals surface area contributed by atoms with E-state index < -0.39 is 0 Å². The van der Waals surface area contributed by atoms with Crippen LogP contribution in [0.5, 0.6) is 0 Å². The molecule has 0 N–H and O–H groups in total. The molecule has 0 amide bonds. The van der Waals surface area contributed by atoms with Crippen molar-refractivity contribution in [2.45, 2.75) is 60.3 Å². The van der Waals surface area contributed by atoms with Gasteiger partial charge in [0.25, 0.3) is 0 Å². The fourth-order valence-electron chi connectivity index (χ4n) is 4.09. The highest BCUT2D eigenvalue weighted by molar-refractivity contribution is 5.84. The Kier molecular flexibility index (Phi) is 6.12. The molecule has 0 bridgehead atoms. The minimum atomic E-state index is 0.191. The molecule has 1 aromatic rings. The number of benzene rings is 1. The van der Waals surface area contributed by atoms with Crippen LogP contribution in [-0.2, 0) is 0 Å². The van der Waals surface area contributed by atoms with E-state index in [-0.39, 0.29) is 5.41 Å². The lowest BCUT2D eigenvalue weighted by Crippen LogP contribution is -2.26. The summed E-state index contributed by atoms with van der Waals surface area (Å²) in [5.74, 6) is 6.97. The molecule has 1 aromatic carbocycles. The van der Waals surface area contributed by atoms with Gasteiger partial charge in [0.05, 0.1) is 0 Å². The largest absolute Gasteiger partial charge is 0.101 e. The molecule has 1 aliphatic rings. The first-order valence-corrected chi connectivity index (χ1v) is 9.39. The number of aryl methyl sites for hydroxylation is 1. The molecule has 0 atom stereocenters. The minimum absolute atomic E-state index is 0.191. The molecule has 0 spiro atoms. The SMILES string of the molecule is C=C/C(=C(/C(=C)C)c1ccc(C#CC)cc1C)C1(C)CCC(C)CC1. The maximum absolute atomic E-state index is 4.31. The van der Waals surface area contributed by atoms with Crippen LogP contribution in [-0.4, -0.2) is 0 Å². The fourth-order valence-corrected chi connectivity index (χ4v) is 4.09. The molecule has 0 nitrogen and oxygen atoms in total.